The molecule has 1 N–H and O–H groups in total. The van der Waals surface area contributed by atoms with Gasteiger partial charge < -0.3 is 19.4 Å². The average Bonchev–Trinajstić information content (AvgIpc) is 3.26. The van der Waals surface area contributed by atoms with Crippen LogP contribution in [0.3, 0.4) is 0 Å². The van der Waals surface area contributed by atoms with Crippen LogP contribution in [0.25, 0.3) is 22.6 Å². The van der Waals surface area contributed by atoms with Crippen LogP contribution in [0.15, 0.2) is 12.1 Å². The molecule has 1 aliphatic heterocycles. The predicted molar refractivity (Wildman–Crippen MR) is 170 cm³/mol. The van der Waals surface area contributed by atoms with Gasteiger partial charge in [0.25, 0.3) is 0 Å². The molecule has 1 saturated heterocycles. The molecular formula is C32H48N6O3Si. The normalized spacial score (nSPS) is 23.1. The fourth-order valence-corrected chi connectivity index (χ4v) is 7.55. The van der Waals surface area contributed by atoms with Gasteiger partial charge in [-0.3, -0.25) is 9.69 Å². The Bertz CT molecular complexity index is 1470. The Labute approximate surface area is 251 Å². The first-order valence-corrected chi connectivity index (χ1v) is 19.5. The number of hydrogen-bond acceptors (Lipinski definition) is 6. The Morgan fingerprint density at radius 1 is 1.29 bits per heavy atom. The standard InChI is InChI=1S/C32H48N6O3Si/c1-8-37(31(39)22(3)36-9-11-40-12-10-36)27-17-26-25(15-21(27)2)33-30(34-26)29-24-16-23-18-32(23,4)19-28(24)38(35-29)20-41-13-14-42(5,6)7/h15,17,22-23H,8-14,16,18-20H2,1-7H3,(H,33,34)/t22?,23-,32-/m1/s1. The van der Waals surface area contributed by atoms with Crippen molar-refractivity contribution in [3.05, 3.63) is 29.0 Å². The summed E-state index contributed by atoms with van der Waals surface area (Å²) in [4.78, 5) is 26.4. The van der Waals surface area contributed by atoms with Crippen molar-refractivity contribution in [2.24, 2.45) is 11.3 Å². The van der Waals surface area contributed by atoms with Gasteiger partial charge in [-0.25, -0.2) is 9.67 Å². The van der Waals surface area contributed by atoms with Gasteiger partial charge in [0, 0.05) is 51.3 Å². The predicted octanol–water partition coefficient (Wildman–Crippen LogP) is 5.25. The molecule has 1 saturated carbocycles. The Morgan fingerprint density at radius 2 is 2.05 bits per heavy atom. The molecular weight excluding hydrogens is 544 g/mol. The van der Waals surface area contributed by atoms with E-state index >= 15 is 0 Å². The maximum Gasteiger partial charge on any atom is 0.244 e. The molecule has 9 nitrogen and oxygen atoms in total. The van der Waals surface area contributed by atoms with E-state index in [2.05, 4.69) is 60.2 Å². The van der Waals surface area contributed by atoms with Crippen molar-refractivity contribution in [1.82, 2.24) is 24.6 Å². The third-order valence-corrected chi connectivity index (χ3v) is 11.5. The number of fused-ring (bicyclic) bond motifs is 3. The van der Waals surface area contributed by atoms with E-state index in [1.807, 2.05) is 18.7 Å². The third kappa shape index (κ3) is 5.70. The Hall–Kier alpha value is -2.53. The molecule has 1 amide bonds. The molecule has 6 rings (SSSR count). The zero-order valence-electron chi connectivity index (χ0n) is 26.5. The molecule has 2 fully saturated rings. The minimum absolute atomic E-state index is 0.118. The van der Waals surface area contributed by atoms with E-state index in [-0.39, 0.29) is 11.9 Å². The van der Waals surface area contributed by atoms with Crippen LogP contribution >= 0.6 is 0 Å². The fourth-order valence-electron chi connectivity index (χ4n) is 6.79. The molecule has 2 aliphatic carbocycles. The summed E-state index contributed by atoms with van der Waals surface area (Å²) in [7, 11) is -1.15. The lowest BCUT2D eigenvalue weighted by atomic mass is 9.87. The summed E-state index contributed by atoms with van der Waals surface area (Å²) in [6.07, 6.45) is 3.38. The summed E-state index contributed by atoms with van der Waals surface area (Å²) in [5.41, 5.74) is 7.79. The van der Waals surface area contributed by atoms with Gasteiger partial charge in [-0.2, -0.15) is 5.10 Å². The number of H-pyrrole nitrogens is 1. The largest absolute Gasteiger partial charge is 0.379 e. The van der Waals surface area contributed by atoms with Gasteiger partial charge in [0.2, 0.25) is 5.91 Å². The Morgan fingerprint density at radius 3 is 2.76 bits per heavy atom. The van der Waals surface area contributed by atoms with E-state index in [0.29, 0.717) is 31.9 Å². The second kappa shape index (κ2) is 11.2. The number of aromatic amines is 1. The van der Waals surface area contributed by atoms with Crippen molar-refractivity contribution in [3.63, 3.8) is 0 Å². The van der Waals surface area contributed by atoms with E-state index in [4.69, 9.17) is 19.6 Å². The van der Waals surface area contributed by atoms with E-state index < -0.39 is 8.07 Å². The summed E-state index contributed by atoms with van der Waals surface area (Å²) in [6, 6.07) is 5.14. The number of imidazole rings is 1. The topological polar surface area (TPSA) is 88.5 Å². The van der Waals surface area contributed by atoms with E-state index in [1.165, 1.54) is 17.7 Å². The summed E-state index contributed by atoms with van der Waals surface area (Å²) < 4.78 is 13.8. The van der Waals surface area contributed by atoms with Gasteiger partial charge in [0.15, 0.2) is 5.82 Å². The van der Waals surface area contributed by atoms with Crippen LogP contribution in [-0.4, -0.2) is 84.1 Å². The van der Waals surface area contributed by atoms with Crippen LogP contribution in [0.1, 0.15) is 44.0 Å². The second-order valence-corrected chi connectivity index (χ2v) is 19.8. The van der Waals surface area contributed by atoms with Crippen molar-refractivity contribution in [2.45, 2.75) is 85.4 Å². The van der Waals surface area contributed by atoms with Crippen LogP contribution in [0.2, 0.25) is 25.7 Å². The summed E-state index contributed by atoms with van der Waals surface area (Å²) in [6.45, 7) is 20.5. The minimum Gasteiger partial charge on any atom is -0.379 e. The monoisotopic (exact) mass is 592 g/mol. The highest BCUT2D eigenvalue weighted by molar-refractivity contribution is 6.76. The zero-order chi connectivity index (χ0) is 29.8. The summed E-state index contributed by atoms with van der Waals surface area (Å²) >= 11 is 0. The molecule has 3 aromatic rings. The van der Waals surface area contributed by atoms with E-state index in [0.717, 1.165) is 78.3 Å². The number of anilines is 1. The van der Waals surface area contributed by atoms with E-state index in [1.54, 1.807) is 0 Å². The Balaban J connectivity index is 1.29. The highest BCUT2D eigenvalue weighted by Crippen LogP contribution is 2.60. The number of likely N-dealkylation sites (N-methyl/N-ethyl adjacent to an activating group) is 1. The number of benzene rings is 1. The smallest absolute Gasteiger partial charge is 0.244 e. The number of amides is 1. The number of carbonyl (C=O) groups is 1. The number of nitrogens with zero attached hydrogens (tertiary/aromatic N) is 5. The van der Waals surface area contributed by atoms with Crippen molar-refractivity contribution >= 4 is 30.7 Å². The third-order valence-electron chi connectivity index (χ3n) is 9.78. The number of aryl methyl sites for hydroxylation is 1. The van der Waals surface area contributed by atoms with Crippen LogP contribution in [0.5, 0.6) is 0 Å². The maximum atomic E-state index is 13.7. The lowest BCUT2D eigenvalue weighted by molar-refractivity contribution is -0.124. The summed E-state index contributed by atoms with van der Waals surface area (Å²) in [5, 5.41) is 5.11. The molecule has 3 heterocycles. The number of ether oxygens (including phenoxy) is 2. The highest BCUT2D eigenvalue weighted by atomic mass is 28.3. The van der Waals surface area contributed by atoms with Gasteiger partial charge in [-0.15, -0.1) is 0 Å². The molecule has 0 bridgehead atoms. The highest BCUT2D eigenvalue weighted by Gasteiger charge is 2.54. The lowest BCUT2D eigenvalue weighted by Gasteiger charge is -2.34. The molecule has 1 unspecified atom stereocenters. The zero-order valence-corrected chi connectivity index (χ0v) is 27.5. The first-order chi connectivity index (χ1) is 20.0. The molecule has 3 aliphatic rings. The van der Waals surface area contributed by atoms with Crippen molar-refractivity contribution < 1.29 is 14.3 Å². The van der Waals surface area contributed by atoms with Crippen LogP contribution in [-0.2, 0) is 33.8 Å². The molecule has 228 valence electrons. The molecule has 0 spiro atoms. The van der Waals surface area contributed by atoms with Gasteiger partial charge in [-0.1, -0.05) is 26.6 Å². The number of carbonyl (C=O) groups excluding carboxylic acids is 1. The number of morpholine rings is 1. The first-order valence-electron chi connectivity index (χ1n) is 15.8. The van der Waals surface area contributed by atoms with Crippen molar-refractivity contribution in [2.75, 3.05) is 44.4 Å². The van der Waals surface area contributed by atoms with Crippen molar-refractivity contribution in [3.8, 4) is 11.5 Å². The molecule has 3 atom stereocenters. The van der Waals surface area contributed by atoms with E-state index in [9.17, 15) is 4.79 Å². The van der Waals surface area contributed by atoms with Crippen molar-refractivity contribution in [1.29, 1.82) is 0 Å². The quantitative estimate of drug-likeness (QED) is 0.256. The first kappa shape index (κ1) is 29.5. The van der Waals surface area contributed by atoms with Gasteiger partial charge >= 0.3 is 0 Å². The van der Waals surface area contributed by atoms with Gasteiger partial charge in [0.05, 0.1) is 30.3 Å². The molecule has 42 heavy (non-hydrogen) atoms. The second-order valence-electron chi connectivity index (χ2n) is 14.2. The average molecular weight is 593 g/mol. The molecule has 1 aromatic carbocycles. The molecule has 10 heteroatoms. The number of rotatable bonds is 10. The lowest BCUT2D eigenvalue weighted by Crippen LogP contribution is -2.51. The van der Waals surface area contributed by atoms with Gasteiger partial charge in [-0.05, 0) is 75.1 Å². The van der Waals surface area contributed by atoms with Crippen LogP contribution in [0.4, 0.5) is 5.69 Å². The number of nitrogens with one attached hydrogen (secondary N) is 1. The Kier molecular flexibility index (Phi) is 7.87. The molecule has 0 radical (unpaired) electrons. The van der Waals surface area contributed by atoms with Crippen LogP contribution < -0.4 is 4.90 Å². The van der Waals surface area contributed by atoms with Crippen LogP contribution in [0, 0.1) is 18.3 Å². The molecule has 2 aromatic heterocycles. The number of hydrogen-bond donors (Lipinski definition) is 1. The fraction of sp³-hybridized carbons (Fsp3) is 0.656. The minimum atomic E-state index is -1.15. The maximum absolute atomic E-state index is 13.7. The number of aromatic nitrogens is 4. The summed E-state index contributed by atoms with van der Waals surface area (Å²) in [5.74, 6) is 1.65. The van der Waals surface area contributed by atoms with Gasteiger partial charge in [0.1, 0.15) is 12.4 Å². The SMILES string of the molecule is CCN(C(=O)C(C)N1CCOCC1)c1cc2nc(-c3nn(COCC[Si](C)(C)C)c4c3C[C@@H]3C[C@]3(C)C4)[nH]c2cc1C.